The summed E-state index contributed by atoms with van der Waals surface area (Å²) in [4.78, 5) is 2.46. The molecule has 0 atom stereocenters. The molecule has 0 saturated carbocycles. The Morgan fingerprint density at radius 1 is 0.286 bits per heavy atom. The molecular formula is C54H38N2. The molecule has 0 fully saturated rings. The van der Waals surface area contributed by atoms with Gasteiger partial charge in [0.25, 0.3) is 0 Å². The Hall–Kier alpha value is -7.42. The topological polar surface area (TPSA) is 8.17 Å². The van der Waals surface area contributed by atoms with Gasteiger partial charge in [-0.1, -0.05) is 182 Å². The summed E-state index contributed by atoms with van der Waals surface area (Å²) in [5, 5.41) is 2.43. The minimum Gasteiger partial charge on any atom is -0.309 e. The summed E-state index contributed by atoms with van der Waals surface area (Å²) in [6, 6.07) is 83.1. The lowest BCUT2D eigenvalue weighted by atomic mass is 9.88. The average Bonchev–Trinajstić information content (AvgIpc) is 3.61. The van der Waals surface area contributed by atoms with Crippen molar-refractivity contribution in [2.75, 3.05) is 4.90 Å². The summed E-state index contributed by atoms with van der Waals surface area (Å²) in [6.45, 7) is 0. The second kappa shape index (κ2) is 14.4. The SMILES string of the molecule is c1ccc(-c2ccccc2-c2ccccc2-c2ccccc2N(c2ccc3c(c2)c2ccccc2n3-c2ccccc2)c2ccccc2-c2ccccc2)cc1. The Kier molecular flexibility index (Phi) is 8.55. The van der Waals surface area contributed by atoms with Crippen LogP contribution >= 0.6 is 0 Å². The van der Waals surface area contributed by atoms with Crippen molar-refractivity contribution in [2.45, 2.75) is 0 Å². The molecule has 1 aromatic heterocycles. The minimum atomic E-state index is 1.09. The first-order valence-corrected chi connectivity index (χ1v) is 19.2. The van der Waals surface area contributed by atoms with Crippen molar-refractivity contribution >= 4 is 38.9 Å². The fourth-order valence-corrected chi connectivity index (χ4v) is 8.33. The van der Waals surface area contributed by atoms with Crippen LogP contribution in [0.25, 0.3) is 72.0 Å². The van der Waals surface area contributed by atoms with Gasteiger partial charge in [-0.05, 0) is 81.9 Å². The highest BCUT2D eigenvalue weighted by Crippen LogP contribution is 2.48. The zero-order valence-electron chi connectivity index (χ0n) is 30.8. The predicted octanol–water partition coefficient (Wildman–Crippen LogP) is 14.9. The molecule has 0 amide bonds. The number of rotatable bonds is 8. The number of nitrogens with zero attached hydrogens (tertiary/aromatic N) is 2. The van der Waals surface area contributed by atoms with E-state index >= 15 is 0 Å². The van der Waals surface area contributed by atoms with E-state index in [1.807, 2.05) is 0 Å². The summed E-state index contributed by atoms with van der Waals surface area (Å²) in [6.07, 6.45) is 0. The third kappa shape index (κ3) is 5.85. The van der Waals surface area contributed by atoms with Crippen LogP contribution in [-0.4, -0.2) is 4.57 Å². The number of anilines is 3. The summed E-state index contributed by atoms with van der Waals surface area (Å²) < 4.78 is 2.38. The maximum absolute atomic E-state index is 2.46. The Morgan fingerprint density at radius 3 is 1.38 bits per heavy atom. The smallest absolute Gasteiger partial charge is 0.0542 e. The first-order valence-electron chi connectivity index (χ1n) is 19.2. The van der Waals surface area contributed by atoms with Crippen LogP contribution < -0.4 is 4.90 Å². The maximum Gasteiger partial charge on any atom is 0.0542 e. The van der Waals surface area contributed by atoms with Crippen LogP contribution in [0, 0.1) is 0 Å². The number of fused-ring (bicyclic) bond motifs is 3. The van der Waals surface area contributed by atoms with E-state index < -0.39 is 0 Å². The minimum absolute atomic E-state index is 1.09. The molecule has 0 aliphatic carbocycles. The van der Waals surface area contributed by atoms with Crippen molar-refractivity contribution in [2.24, 2.45) is 0 Å². The number of hydrogen-bond acceptors (Lipinski definition) is 1. The molecule has 10 aromatic rings. The third-order valence-corrected chi connectivity index (χ3v) is 10.8. The van der Waals surface area contributed by atoms with Crippen molar-refractivity contribution in [3.05, 3.63) is 231 Å². The van der Waals surface area contributed by atoms with Crippen LogP contribution in [-0.2, 0) is 0 Å². The lowest BCUT2D eigenvalue weighted by Crippen LogP contribution is -2.12. The summed E-state index contributed by atoms with van der Waals surface area (Å²) in [5.74, 6) is 0. The molecule has 1 heterocycles. The second-order valence-corrected chi connectivity index (χ2v) is 14.1. The molecule has 0 spiro atoms. The molecule has 0 unspecified atom stereocenters. The number of benzene rings is 9. The first-order chi connectivity index (χ1) is 27.8. The lowest BCUT2D eigenvalue weighted by molar-refractivity contribution is 1.18. The largest absolute Gasteiger partial charge is 0.309 e. The highest BCUT2D eigenvalue weighted by atomic mass is 15.1. The van der Waals surface area contributed by atoms with Crippen molar-refractivity contribution in [1.29, 1.82) is 0 Å². The molecule has 0 bridgehead atoms. The van der Waals surface area contributed by atoms with E-state index in [9.17, 15) is 0 Å². The van der Waals surface area contributed by atoms with Crippen molar-refractivity contribution in [3.8, 4) is 50.2 Å². The standard InChI is InChI=1S/C54H38N2/c1-4-20-39(21-5-1)43-26-10-11-28-45(43)46-29-12-13-30-47(46)48-31-15-18-34-52(48)56(51-33-17-14-27-44(51)40-22-6-2-7-23-40)42-36-37-54-50(38-42)49-32-16-19-35-53(49)55(54)41-24-8-3-9-25-41/h1-38H. The lowest BCUT2D eigenvalue weighted by Gasteiger charge is -2.30. The van der Waals surface area contributed by atoms with Crippen LogP contribution in [0.3, 0.4) is 0 Å². The quantitative estimate of drug-likeness (QED) is 0.152. The van der Waals surface area contributed by atoms with E-state index in [4.69, 9.17) is 0 Å². The Bertz CT molecular complexity index is 2960. The van der Waals surface area contributed by atoms with E-state index in [1.165, 1.54) is 55.2 Å². The monoisotopic (exact) mass is 714 g/mol. The molecule has 2 heteroatoms. The summed E-state index contributed by atoms with van der Waals surface area (Å²) >= 11 is 0. The summed E-state index contributed by atoms with van der Waals surface area (Å²) in [7, 11) is 0. The molecule has 56 heavy (non-hydrogen) atoms. The number of aromatic nitrogens is 1. The normalized spacial score (nSPS) is 11.2. The Balaban J connectivity index is 1.23. The molecular weight excluding hydrogens is 677 g/mol. The second-order valence-electron chi connectivity index (χ2n) is 14.1. The predicted molar refractivity (Wildman–Crippen MR) is 237 cm³/mol. The zero-order valence-corrected chi connectivity index (χ0v) is 30.8. The molecule has 0 N–H and O–H groups in total. The molecule has 9 aromatic carbocycles. The van der Waals surface area contributed by atoms with Gasteiger partial charge in [0.2, 0.25) is 0 Å². The van der Waals surface area contributed by atoms with E-state index in [1.54, 1.807) is 0 Å². The maximum atomic E-state index is 2.46. The van der Waals surface area contributed by atoms with Gasteiger partial charge in [-0.3, -0.25) is 0 Å². The molecule has 0 aliphatic heterocycles. The molecule has 10 rings (SSSR count). The van der Waals surface area contributed by atoms with Crippen LogP contribution in [0.15, 0.2) is 231 Å². The highest BCUT2D eigenvalue weighted by Gasteiger charge is 2.23. The van der Waals surface area contributed by atoms with Crippen LogP contribution in [0.4, 0.5) is 17.1 Å². The number of para-hydroxylation sites is 4. The highest BCUT2D eigenvalue weighted by molar-refractivity contribution is 6.11. The number of hydrogen-bond donors (Lipinski definition) is 0. The molecule has 0 saturated heterocycles. The van der Waals surface area contributed by atoms with Crippen LogP contribution in [0.1, 0.15) is 0 Å². The van der Waals surface area contributed by atoms with Gasteiger partial charge in [0.15, 0.2) is 0 Å². The molecule has 2 nitrogen and oxygen atoms in total. The Labute approximate surface area is 327 Å². The van der Waals surface area contributed by atoms with Gasteiger partial charge in [0.05, 0.1) is 22.4 Å². The van der Waals surface area contributed by atoms with Gasteiger partial charge in [-0.25, -0.2) is 0 Å². The van der Waals surface area contributed by atoms with E-state index in [-0.39, 0.29) is 0 Å². The summed E-state index contributed by atoms with van der Waals surface area (Å²) in [5.41, 5.74) is 16.3. The van der Waals surface area contributed by atoms with Gasteiger partial charge in [-0.15, -0.1) is 0 Å². The molecule has 0 radical (unpaired) electrons. The fraction of sp³-hybridized carbons (Fsp3) is 0. The van der Waals surface area contributed by atoms with Gasteiger partial charge in [0, 0.05) is 33.3 Å². The van der Waals surface area contributed by atoms with E-state index in [0.29, 0.717) is 0 Å². The van der Waals surface area contributed by atoms with Crippen molar-refractivity contribution in [1.82, 2.24) is 4.57 Å². The first kappa shape index (κ1) is 33.2. The fourth-order valence-electron chi connectivity index (χ4n) is 8.33. The van der Waals surface area contributed by atoms with E-state index in [0.717, 1.165) is 33.9 Å². The van der Waals surface area contributed by atoms with Crippen LogP contribution in [0.5, 0.6) is 0 Å². The third-order valence-electron chi connectivity index (χ3n) is 10.8. The molecule has 264 valence electrons. The zero-order chi connectivity index (χ0) is 37.3. The van der Waals surface area contributed by atoms with Gasteiger partial charge in [0.1, 0.15) is 0 Å². The Morgan fingerprint density at radius 2 is 0.714 bits per heavy atom. The van der Waals surface area contributed by atoms with E-state index in [2.05, 4.69) is 240 Å². The van der Waals surface area contributed by atoms with Gasteiger partial charge in [-0.2, -0.15) is 0 Å². The van der Waals surface area contributed by atoms with Crippen LogP contribution in [0.2, 0.25) is 0 Å². The van der Waals surface area contributed by atoms with Crippen molar-refractivity contribution in [3.63, 3.8) is 0 Å². The van der Waals surface area contributed by atoms with Gasteiger partial charge >= 0.3 is 0 Å². The average molecular weight is 715 g/mol. The molecule has 0 aliphatic rings. The van der Waals surface area contributed by atoms with Crippen molar-refractivity contribution < 1.29 is 0 Å². The van der Waals surface area contributed by atoms with Gasteiger partial charge < -0.3 is 9.47 Å².